The molecule has 0 bridgehead atoms. The van der Waals surface area contributed by atoms with Gasteiger partial charge in [-0.2, -0.15) is 0 Å². The Hall–Kier alpha value is -3.67. The number of benzene rings is 2. The summed E-state index contributed by atoms with van der Waals surface area (Å²) in [5, 5.41) is 4.63. The zero-order chi connectivity index (χ0) is 22.3. The van der Waals surface area contributed by atoms with Gasteiger partial charge in [-0.3, -0.25) is 9.59 Å². The lowest BCUT2D eigenvalue weighted by molar-refractivity contribution is -0.116. The second-order valence-corrected chi connectivity index (χ2v) is 7.85. The lowest BCUT2D eigenvalue weighted by Gasteiger charge is -2.10. The number of ketones is 1. The predicted molar refractivity (Wildman–Crippen MR) is 120 cm³/mol. The van der Waals surface area contributed by atoms with Crippen molar-refractivity contribution in [3.05, 3.63) is 74.8 Å². The van der Waals surface area contributed by atoms with Gasteiger partial charge in [0.2, 0.25) is 5.91 Å². The molecule has 0 spiro atoms. The van der Waals surface area contributed by atoms with Crippen molar-refractivity contribution in [2.45, 2.75) is 40.5 Å². The second kappa shape index (κ2) is 7.87. The quantitative estimate of drug-likeness (QED) is 0.354. The van der Waals surface area contributed by atoms with Gasteiger partial charge in [-0.1, -0.05) is 0 Å². The fourth-order valence-corrected chi connectivity index (χ4v) is 3.86. The topological polar surface area (TPSA) is 89.5 Å². The number of carbonyl (C=O) groups excluding carboxylic acids is 2. The van der Waals surface area contributed by atoms with E-state index in [0.29, 0.717) is 22.4 Å². The van der Waals surface area contributed by atoms with Gasteiger partial charge in [-0.25, -0.2) is 4.79 Å². The Kier molecular flexibility index (Phi) is 5.23. The molecule has 1 N–H and O–H groups in total. The van der Waals surface area contributed by atoms with Gasteiger partial charge in [0.05, 0.1) is 6.26 Å². The molecule has 0 atom stereocenters. The monoisotopic (exact) mass is 417 g/mol. The summed E-state index contributed by atoms with van der Waals surface area (Å²) >= 11 is 0. The van der Waals surface area contributed by atoms with Gasteiger partial charge < -0.3 is 14.2 Å². The first-order valence-corrected chi connectivity index (χ1v) is 10.1. The zero-order valence-corrected chi connectivity index (χ0v) is 17.9. The van der Waals surface area contributed by atoms with Crippen LogP contribution < -0.4 is 10.9 Å². The summed E-state index contributed by atoms with van der Waals surface area (Å²) in [6, 6.07) is 8.69. The van der Waals surface area contributed by atoms with E-state index in [1.54, 1.807) is 30.5 Å². The number of nitrogens with one attached hydrogen (secondary N) is 1. The molecule has 0 radical (unpaired) electrons. The highest BCUT2D eigenvalue weighted by molar-refractivity contribution is 6.00. The highest BCUT2D eigenvalue weighted by atomic mass is 16.4. The molecule has 31 heavy (non-hydrogen) atoms. The van der Waals surface area contributed by atoms with Gasteiger partial charge in [0.1, 0.15) is 11.2 Å². The largest absolute Gasteiger partial charge is 0.464 e. The minimum Gasteiger partial charge on any atom is -0.464 e. The summed E-state index contributed by atoms with van der Waals surface area (Å²) in [6.07, 6.45) is 2.10. The summed E-state index contributed by atoms with van der Waals surface area (Å²) in [6.45, 7) is 7.22. The van der Waals surface area contributed by atoms with Gasteiger partial charge in [0, 0.05) is 39.6 Å². The van der Waals surface area contributed by atoms with E-state index in [-0.39, 0.29) is 24.5 Å². The van der Waals surface area contributed by atoms with Crippen molar-refractivity contribution in [3.8, 4) is 0 Å². The summed E-state index contributed by atoms with van der Waals surface area (Å²) in [7, 11) is 0. The molecule has 6 heteroatoms. The first-order chi connectivity index (χ1) is 14.8. The standard InChI is InChI=1S/C25H23NO5/c1-13-12-30-23-15(3)24-21(11-20(13)23)14(2)19(25(29)31-24)9-10-22(28)26-18-7-5-17(6-8-18)16(4)27/h5-8,11-12H,9-10H2,1-4H3,(H,26,28). The van der Waals surface area contributed by atoms with Crippen LogP contribution >= 0.6 is 0 Å². The maximum Gasteiger partial charge on any atom is 0.339 e. The molecule has 2 aromatic heterocycles. The maximum absolute atomic E-state index is 12.7. The lowest BCUT2D eigenvalue weighted by Crippen LogP contribution is -2.16. The molecular weight excluding hydrogens is 394 g/mol. The third-order valence-corrected chi connectivity index (χ3v) is 5.71. The minimum atomic E-state index is -0.436. The Labute approximate surface area is 178 Å². The molecule has 0 aliphatic carbocycles. The average molecular weight is 417 g/mol. The van der Waals surface area contributed by atoms with Crippen LogP contribution in [0, 0.1) is 20.8 Å². The molecule has 158 valence electrons. The normalized spacial score (nSPS) is 11.2. The first-order valence-electron chi connectivity index (χ1n) is 10.1. The molecule has 1 amide bonds. The van der Waals surface area contributed by atoms with E-state index in [9.17, 15) is 14.4 Å². The molecule has 0 unspecified atom stereocenters. The Morgan fingerprint density at radius 2 is 1.68 bits per heavy atom. The third-order valence-electron chi connectivity index (χ3n) is 5.71. The van der Waals surface area contributed by atoms with Crippen LogP contribution in [0.25, 0.3) is 21.9 Å². The summed E-state index contributed by atoms with van der Waals surface area (Å²) < 4.78 is 11.2. The Morgan fingerprint density at radius 3 is 2.35 bits per heavy atom. The van der Waals surface area contributed by atoms with E-state index in [1.807, 2.05) is 26.8 Å². The van der Waals surface area contributed by atoms with Gasteiger partial charge in [-0.15, -0.1) is 0 Å². The molecule has 0 aliphatic heterocycles. The van der Waals surface area contributed by atoms with Crippen molar-refractivity contribution in [2.24, 2.45) is 0 Å². The van der Waals surface area contributed by atoms with Crippen LogP contribution in [-0.2, 0) is 11.2 Å². The van der Waals surface area contributed by atoms with Gasteiger partial charge >= 0.3 is 5.63 Å². The van der Waals surface area contributed by atoms with Crippen molar-refractivity contribution in [1.82, 2.24) is 0 Å². The van der Waals surface area contributed by atoms with E-state index in [4.69, 9.17) is 8.83 Å². The fraction of sp³-hybridized carbons (Fsp3) is 0.240. The van der Waals surface area contributed by atoms with Gasteiger partial charge in [-0.05, 0) is 75.6 Å². The molecule has 4 aromatic rings. The highest BCUT2D eigenvalue weighted by Crippen LogP contribution is 2.32. The number of furan rings is 1. The number of hydrogen-bond donors (Lipinski definition) is 1. The number of Topliss-reactive ketones (excluding diaryl/α,β-unsaturated/α-hetero) is 1. The lowest BCUT2D eigenvalue weighted by atomic mass is 9.98. The van der Waals surface area contributed by atoms with Crippen LogP contribution in [0.15, 0.2) is 50.2 Å². The fourth-order valence-electron chi connectivity index (χ4n) is 3.86. The number of fused-ring (bicyclic) bond motifs is 2. The third kappa shape index (κ3) is 3.77. The van der Waals surface area contributed by atoms with Crippen LogP contribution in [0.2, 0.25) is 0 Å². The van der Waals surface area contributed by atoms with Crippen LogP contribution in [0.1, 0.15) is 46.0 Å². The van der Waals surface area contributed by atoms with E-state index in [0.717, 1.165) is 33.0 Å². The van der Waals surface area contributed by atoms with E-state index in [2.05, 4.69) is 5.32 Å². The minimum absolute atomic E-state index is 0.0329. The van der Waals surface area contributed by atoms with E-state index < -0.39 is 5.63 Å². The molecule has 0 fully saturated rings. The molecule has 0 saturated heterocycles. The number of rotatable bonds is 5. The van der Waals surface area contributed by atoms with Crippen molar-refractivity contribution < 1.29 is 18.4 Å². The van der Waals surface area contributed by atoms with Gasteiger partial charge in [0.15, 0.2) is 5.78 Å². The smallest absolute Gasteiger partial charge is 0.339 e. The van der Waals surface area contributed by atoms with E-state index in [1.165, 1.54) is 6.92 Å². The maximum atomic E-state index is 12.7. The van der Waals surface area contributed by atoms with Gasteiger partial charge in [0.25, 0.3) is 0 Å². The van der Waals surface area contributed by atoms with Crippen LogP contribution in [0.4, 0.5) is 5.69 Å². The van der Waals surface area contributed by atoms with Crippen LogP contribution in [0.3, 0.4) is 0 Å². The molecule has 4 rings (SSSR count). The summed E-state index contributed by atoms with van der Waals surface area (Å²) in [4.78, 5) is 36.4. The number of aryl methyl sites for hydroxylation is 3. The number of hydrogen-bond acceptors (Lipinski definition) is 5. The molecule has 2 aromatic carbocycles. The summed E-state index contributed by atoms with van der Waals surface area (Å²) in [5.74, 6) is -0.249. The Balaban J connectivity index is 1.58. The first kappa shape index (κ1) is 20.6. The highest BCUT2D eigenvalue weighted by Gasteiger charge is 2.18. The average Bonchev–Trinajstić information content (AvgIpc) is 3.10. The Morgan fingerprint density at radius 1 is 0.968 bits per heavy atom. The SMILES string of the molecule is CC(=O)c1ccc(NC(=O)CCc2c(C)c3cc4c(C)coc4c(C)c3oc2=O)cc1. The second-order valence-electron chi connectivity index (χ2n) is 7.85. The molecule has 2 heterocycles. The number of amides is 1. The van der Waals surface area contributed by atoms with Crippen molar-refractivity contribution in [3.63, 3.8) is 0 Å². The molecule has 0 aliphatic rings. The Bertz CT molecular complexity index is 1390. The molecule has 0 saturated carbocycles. The number of carbonyl (C=O) groups is 2. The van der Waals surface area contributed by atoms with E-state index >= 15 is 0 Å². The van der Waals surface area contributed by atoms with Crippen LogP contribution in [0.5, 0.6) is 0 Å². The summed E-state index contributed by atoms with van der Waals surface area (Å²) in [5.41, 5.74) is 5.10. The van der Waals surface area contributed by atoms with Crippen molar-refractivity contribution in [1.29, 1.82) is 0 Å². The predicted octanol–water partition coefficient (Wildman–Crippen LogP) is 5.24. The zero-order valence-electron chi connectivity index (χ0n) is 17.9. The molecule has 6 nitrogen and oxygen atoms in total. The number of anilines is 1. The van der Waals surface area contributed by atoms with Crippen LogP contribution in [-0.4, -0.2) is 11.7 Å². The van der Waals surface area contributed by atoms with Crippen molar-refractivity contribution >= 4 is 39.3 Å². The molecular formula is C25H23NO5. The van der Waals surface area contributed by atoms with Crippen molar-refractivity contribution in [2.75, 3.05) is 5.32 Å².